The van der Waals surface area contributed by atoms with Crippen LogP contribution in [0.2, 0.25) is 0 Å². The van der Waals surface area contributed by atoms with Gasteiger partial charge in [0.05, 0.1) is 17.7 Å². The van der Waals surface area contributed by atoms with Gasteiger partial charge in [0.25, 0.3) is 5.91 Å². The van der Waals surface area contributed by atoms with E-state index in [1.807, 2.05) is 31.2 Å². The predicted octanol–water partition coefficient (Wildman–Crippen LogP) is 4.10. The molecule has 0 fully saturated rings. The van der Waals surface area contributed by atoms with Gasteiger partial charge in [0.1, 0.15) is 6.54 Å². The van der Waals surface area contributed by atoms with Gasteiger partial charge in [-0.25, -0.2) is 4.79 Å². The number of nitrogens with zero attached hydrogens (tertiary/aromatic N) is 2. The highest BCUT2D eigenvalue weighted by Crippen LogP contribution is 2.28. The number of carboxylic acids is 1. The zero-order chi connectivity index (χ0) is 29.5. The molecule has 212 valence electrons. The molecule has 0 unspecified atom stereocenters. The summed E-state index contributed by atoms with van der Waals surface area (Å²) in [5, 5.41) is 17.3. The molecule has 1 aliphatic rings. The molecule has 3 aromatic rings. The molecule has 0 aliphatic carbocycles. The maximum Gasteiger partial charge on any atom is 0.323 e. The van der Waals surface area contributed by atoms with Crippen molar-refractivity contribution in [1.82, 2.24) is 4.90 Å². The molecule has 4 rings (SSSR count). The Labute approximate surface area is 237 Å². The molecule has 0 radical (unpaired) electrons. The maximum absolute atomic E-state index is 13.2. The summed E-state index contributed by atoms with van der Waals surface area (Å²) in [6.07, 6.45) is 0.157. The number of hydrogen-bond acceptors (Lipinski definition) is 5. The van der Waals surface area contributed by atoms with E-state index in [0.29, 0.717) is 28.3 Å². The molecule has 0 aromatic heterocycles. The molecular formula is C30H31N5O6. The van der Waals surface area contributed by atoms with Gasteiger partial charge in [-0.3, -0.25) is 19.2 Å². The number of anilines is 4. The van der Waals surface area contributed by atoms with E-state index in [2.05, 4.69) is 16.0 Å². The third kappa shape index (κ3) is 7.47. The minimum absolute atomic E-state index is 0.0560. The fourth-order valence-corrected chi connectivity index (χ4v) is 4.42. The van der Waals surface area contributed by atoms with E-state index >= 15 is 0 Å². The van der Waals surface area contributed by atoms with Crippen LogP contribution < -0.4 is 20.9 Å². The Morgan fingerprint density at radius 3 is 2.32 bits per heavy atom. The molecule has 1 heterocycles. The molecule has 0 spiro atoms. The van der Waals surface area contributed by atoms with Gasteiger partial charge in [-0.1, -0.05) is 30.3 Å². The first-order valence-corrected chi connectivity index (χ1v) is 13.0. The smallest absolute Gasteiger partial charge is 0.323 e. The lowest BCUT2D eigenvalue weighted by Gasteiger charge is -2.19. The molecule has 0 saturated heterocycles. The van der Waals surface area contributed by atoms with Crippen LogP contribution in [0.1, 0.15) is 34.3 Å². The SMILES string of the molecule is Cc1ccccc1NC(=O)Nc1ccc(CC(=O)Nc2ccc3c(c2)C(=O)N(CCCC(=O)O)CC(=O)N3C)cc1. The van der Waals surface area contributed by atoms with Crippen molar-refractivity contribution in [3.8, 4) is 0 Å². The minimum Gasteiger partial charge on any atom is -0.481 e. The highest BCUT2D eigenvalue weighted by atomic mass is 16.4. The molecule has 11 heteroatoms. The summed E-state index contributed by atoms with van der Waals surface area (Å²) < 4.78 is 0. The quantitative estimate of drug-likeness (QED) is 0.311. The first-order valence-electron chi connectivity index (χ1n) is 13.0. The Morgan fingerprint density at radius 1 is 0.902 bits per heavy atom. The van der Waals surface area contributed by atoms with E-state index in [1.54, 1.807) is 43.4 Å². The van der Waals surface area contributed by atoms with Crippen LogP contribution in [-0.2, 0) is 20.8 Å². The van der Waals surface area contributed by atoms with E-state index in [0.717, 1.165) is 5.56 Å². The molecule has 0 saturated carbocycles. The lowest BCUT2D eigenvalue weighted by Crippen LogP contribution is -2.38. The minimum atomic E-state index is -0.976. The van der Waals surface area contributed by atoms with E-state index < -0.39 is 11.9 Å². The van der Waals surface area contributed by atoms with Gasteiger partial charge in [0.15, 0.2) is 0 Å². The summed E-state index contributed by atoms with van der Waals surface area (Å²) >= 11 is 0. The van der Waals surface area contributed by atoms with Crippen molar-refractivity contribution in [2.24, 2.45) is 0 Å². The van der Waals surface area contributed by atoms with Crippen LogP contribution in [-0.4, -0.2) is 59.9 Å². The van der Waals surface area contributed by atoms with Crippen molar-refractivity contribution in [3.63, 3.8) is 0 Å². The number of rotatable bonds is 9. The molecule has 0 bridgehead atoms. The number of carboxylic acid groups (broad SMARTS) is 1. The Hall–Kier alpha value is -5.19. The third-order valence-electron chi connectivity index (χ3n) is 6.65. The largest absolute Gasteiger partial charge is 0.481 e. The number of carbonyl (C=O) groups excluding carboxylic acids is 4. The number of aliphatic carboxylic acids is 1. The number of hydrogen-bond donors (Lipinski definition) is 4. The summed E-state index contributed by atoms with van der Waals surface area (Å²) in [6.45, 7) is 1.86. The summed E-state index contributed by atoms with van der Waals surface area (Å²) in [4.78, 5) is 64.5. The Morgan fingerprint density at radius 2 is 1.61 bits per heavy atom. The zero-order valence-electron chi connectivity index (χ0n) is 22.8. The van der Waals surface area contributed by atoms with Gasteiger partial charge < -0.3 is 30.9 Å². The predicted molar refractivity (Wildman–Crippen MR) is 155 cm³/mol. The summed E-state index contributed by atoms with van der Waals surface area (Å²) in [5.74, 6) is -1.99. The van der Waals surface area contributed by atoms with Crippen molar-refractivity contribution >= 4 is 52.5 Å². The van der Waals surface area contributed by atoms with Crippen molar-refractivity contribution < 1.29 is 29.1 Å². The van der Waals surface area contributed by atoms with Gasteiger partial charge in [0.2, 0.25) is 11.8 Å². The van der Waals surface area contributed by atoms with Gasteiger partial charge in [-0.2, -0.15) is 0 Å². The Bertz CT molecular complexity index is 1490. The van der Waals surface area contributed by atoms with Crippen molar-refractivity contribution in [2.45, 2.75) is 26.2 Å². The number of fused-ring (bicyclic) bond motifs is 1. The van der Waals surface area contributed by atoms with Gasteiger partial charge in [0, 0.05) is 37.1 Å². The van der Waals surface area contributed by atoms with E-state index in [1.165, 1.54) is 15.9 Å². The monoisotopic (exact) mass is 557 g/mol. The number of likely N-dealkylation sites (N-methyl/N-ethyl adjacent to an activating group) is 1. The van der Waals surface area contributed by atoms with Crippen LogP contribution in [0, 0.1) is 6.92 Å². The number of carbonyl (C=O) groups is 5. The summed E-state index contributed by atoms with van der Waals surface area (Å²) in [7, 11) is 1.57. The Kier molecular flexibility index (Phi) is 8.98. The number of nitrogens with one attached hydrogen (secondary N) is 3. The van der Waals surface area contributed by atoms with Gasteiger partial charge >= 0.3 is 12.0 Å². The second-order valence-electron chi connectivity index (χ2n) is 9.72. The van der Waals surface area contributed by atoms with E-state index in [9.17, 15) is 24.0 Å². The zero-order valence-corrected chi connectivity index (χ0v) is 22.8. The molecule has 41 heavy (non-hydrogen) atoms. The van der Waals surface area contributed by atoms with Crippen LogP contribution in [0.4, 0.5) is 27.5 Å². The summed E-state index contributed by atoms with van der Waals surface area (Å²) in [5.41, 5.74) is 3.98. The van der Waals surface area contributed by atoms with Crippen LogP contribution in [0.15, 0.2) is 66.7 Å². The molecule has 1 aliphatic heterocycles. The molecule has 3 aromatic carbocycles. The van der Waals surface area contributed by atoms with Crippen LogP contribution in [0.25, 0.3) is 0 Å². The highest BCUT2D eigenvalue weighted by Gasteiger charge is 2.30. The van der Waals surface area contributed by atoms with Crippen molar-refractivity contribution in [2.75, 3.05) is 41.0 Å². The first-order chi connectivity index (χ1) is 19.6. The molecule has 5 amide bonds. The average Bonchev–Trinajstić information content (AvgIpc) is 3.01. The van der Waals surface area contributed by atoms with Crippen molar-refractivity contribution in [3.05, 3.63) is 83.4 Å². The lowest BCUT2D eigenvalue weighted by atomic mass is 10.1. The number of benzene rings is 3. The lowest BCUT2D eigenvalue weighted by molar-refractivity contribution is -0.137. The molecular weight excluding hydrogens is 526 g/mol. The van der Waals surface area contributed by atoms with Gasteiger partial charge in [-0.15, -0.1) is 0 Å². The first kappa shape index (κ1) is 28.8. The number of amides is 5. The topological polar surface area (TPSA) is 148 Å². The fourth-order valence-electron chi connectivity index (χ4n) is 4.42. The van der Waals surface area contributed by atoms with Crippen LogP contribution in [0.5, 0.6) is 0 Å². The second-order valence-corrected chi connectivity index (χ2v) is 9.72. The van der Waals surface area contributed by atoms with E-state index in [-0.39, 0.29) is 55.8 Å². The highest BCUT2D eigenvalue weighted by molar-refractivity contribution is 6.10. The average molecular weight is 558 g/mol. The van der Waals surface area contributed by atoms with Gasteiger partial charge in [-0.05, 0) is 60.9 Å². The number of urea groups is 1. The van der Waals surface area contributed by atoms with Crippen LogP contribution in [0.3, 0.4) is 0 Å². The van der Waals surface area contributed by atoms with E-state index in [4.69, 9.17) is 5.11 Å². The second kappa shape index (κ2) is 12.8. The molecule has 4 N–H and O–H groups in total. The van der Waals surface area contributed by atoms with Crippen molar-refractivity contribution in [1.29, 1.82) is 0 Å². The third-order valence-corrected chi connectivity index (χ3v) is 6.65. The molecule has 11 nitrogen and oxygen atoms in total. The van der Waals surface area contributed by atoms with Crippen LogP contribution >= 0.6 is 0 Å². The normalized spacial score (nSPS) is 12.8. The summed E-state index contributed by atoms with van der Waals surface area (Å²) in [6, 6.07) is 18.7. The fraction of sp³-hybridized carbons (Fsp3) is 0.233. The maximum atomic E-state index is 13.2. The number of para-hydroxylation sites is 1. The standard InChI is InChI=1S/C30H31N5O6/c1-19-6-3-4-7-24(19)33-30(41)32-21-11-9-20(10-12-21)16-26(36)31-22-13-14-25-23(17-22)29(40)35(15-5-8-28(38)39)18-27(37)34(25)2/h3-4,6-7,9-14,17H,5,8,15-16,18H2,1-2H3,(H,31,36)(H,38,39)(H2,32,33,41). The number of aryl methyl sites for hydroxylation is 1. The Balaban J connectivity index is 1.37. The molecule has 0 atom stereocenters.